The number of alkyl halides is 3. The third kappa shape index (κ3) is 1.90. The summed E-state index contributed by atoms with van der Waals surface area (Å²) in [6.45, 7) is 0.586. The Bertz CT molecular complexity index is 523. The fourth-order valence-electron chi connectivity index (χ4n) is 2.01. The molecular formula is C11H8F2INO3. The predicted molar refractivity (Wildman–Crippen MR) is 67.4 cm³/mol. The van der Waals surface area contributed by atoms with Crippen molar-refractivity contribution in [3.8, 4) is 11.5 Å². The van der Waals surface area contributed by atoms with Gasteiger partial charge in [0, 0.05) is 18.3 Å². The van der Waals surface area contributed by atoms with E-state index in [1.165, 1.54) is 12.1 Å². The van der Waals surface area contributed by atoms with E-state index >= 15 is 0 Å². The van der Waals surface area contributed by atoms with Crippen molar-refractivity contribution in [1.29, 1.82) is 0 Å². The summed E-state index contributed by atoms with van der Waals surface area (Å²) in [4.78, 5) is 13.4. The first-order valence-electron chi connectivity index (χ1n) is 5.32. The Morgan fingerprint density at radius 2 is 2.06 bits per heavy atom. The van der Waals surface area contributed by atoms with Crippen LogP contribution in [0.2, 0.25) is 0 Å². The van der Waals surface area contributed by atoms with E-state index in [0.717, 1.165) is 6.42 Å². The van der Waals surface area contributed by atoms with Crippen LogP contribution in [-0.2, 0) is 4.79 Å². The molecule has 2 aliphatic rings. The quantitative estimate of drug-likeness (QED) is 0.566. The molecule has 0 aromatic heterocycles. The number of fused-ring (bicyclic) bond motifs is 1. The highest BCUT2D eigenvalue weighted by Crippen LogP contribution is 2.43. The van der Waals surface area contributed by atoms with Gasteiger partial charge >= 0.3 is 6.29 Å². The Morgan fingerprint density at radius 1 is 1.33 bits per heavy atom. The van der Waals surface area contributed by atoms with E-state index in [2.05, 4.69) is 32.1 Å². The van der Waals surface area contributed by atoms with E-state index in [1.807, 2.05) is 0 Å². The standard InChI is InChI=1S/C11H8F2INO3/c12-11(13)17-8-2-1-6(5-9(8)18-11)15-4-3-7(14)10(15)16/h1-2,5,7H,3-4H2. The smallest absolute Gasteiger partial charge is 0.395 e. The summed E-state index contributed by atoms with van der Waals surface area (Å²) in [6.07, 6.45) is -2.87. The first-order valence-corrected chi connectivity index (χ1v) is 6.56. The minimum Gasteiger partial charge on any atom is -0.395 e. The average molecular weight is 367 g/mol. The first kappa shape index (κ1) is 11.9. The van der Waals surface area contributed by atoms with Gasteiger partial charge in [-0.25, -0.2) is 0 Å². The van der Waals surface area contributed by atoms with Crippen LogP contribution in [0.5, 0.6) is 11.5 Å². The van der Waals surface area contributed by atoms with E-state index in [1.54, 1.807) is 11.0 Å². The summed E-state index contributed by atoms with van der Waals surface area (Å²) >= 11 is 2.08. The molecule has 1 aromatic rings. The largest absolute Gasteiger partial charge is 0.586 e. The number of amides is 1. The van der Waals surface area contributed by atoms with Gasteiger partial charge in [-0.2, -0.15) is 0 Å². The van der Waals surface area contributed by atoms with Gasteiger partial charge in [-0.15, -0.1) is 8.78 Å². The van der Waals surface area contributed by atoms with Crippen LogP contribution < -0.4 is 14.4 Å². The number of hydrogen-bond donors (Lipinski definition) is 0. The second kappa shape index (κ2) is 3.94. The van der Waals surface area contributed by atoms with Crippen LogP contribution in [0.3, 0.4) is 0 Å². The second-order valence-corrected chi connectivity index (χ2v) is 5.55. The molecule has 2 heterocycles. The Labute approximate surface area is 115 Å². The van der Waals surface area contributed by atoms with Crippen molar-refractivity contribution in [2.24, 2.45) is 0 Å². The fraction of sp³-hybridized carbons (Fsp3) is 0.364. The maximum atomic E-state index is 12.9. The molecular weight excluding hydrogens is 359 g/mol. The molecule has 0 aliphatic carbocycles. The third-order valence-corrected chi connectivity index (χ3v) is 3.99. The van der Waals surface area contributed by atoms with Crippen LogP contribution in [-0.4, -0.2) is 22.7 Å². The molecule has 7 heteroatoms. The molecule has 0 radical (unpaired) electrons. The van der Waals surface area contributed by atoms with Crippen LogP contribution >= 0.6 is 22.6 Å². The lowest BCUT2D eigenvalue weighted by atomic mass is 10.2. The number of carbonyl (C=O) groups excluding carboxylic acids is 1. The van der Waals surface area contributed by atoms with Crippen molar-refractivity contribution in [2.45, 2.75) is 16.6 Å². The molecule has 1 fully saturated rings. The minimum absolute atomic E-state index is 0.0126. The molecule has 4 nitrogen and oxygen atoms in total. The zero-order valence-electron chi connectivity index (χ0n) is 9.03. The molecule has 3 rings (SSSR count). The number of nitrogens with zero attached hydrogens (tertiary/aromatic N) is 1. The zero-order valence-corrected chi connectivity index (χ0v) is 11.2. The molecule has 0 saturated carbocycles. The van der Waals surface area contributed by atoms with E-state index < -0.39 is 6.29 Å². The van der Waals surface area contributed by atoms with Gasteiger partial charge in [0.05, 0.1) is 3.92 Å². The van der Waals surface area contributed by atoms with Gasteiger partial charge in [0.15, 0.2) is 11.5 Å². The van der Waals surface area contributed by atoms with Gasteiger partial charge in [0.2, 0.25) is 5.91 Å². The van der Waals surface area contributed by atoms with Gasteiger partial charge < -0.3 is 14.4 Å². The third-order valence-electron chi connectivity index (χ3n) is 2.84. The molecule has 1 amide bonds. The molecule has 2 aliphatic heterocycles. The number of hydrogen-bond acceptors (Lipinski definition) is 3. The van der Waals surface area contributed by atoms with Crippen molar-refractivity contribution in [1.82, 2.24) is 0 Å². The summed E-state index contributed by atoms with van der Waals surface area (Å²) in [5.74, 6) is -0.0650. The van der Waals surface area contributed by atoms with Crippen molar-refractivity contribution in [2.75, 3.05) is 11.4 Å². The molecule has 96 valence electrons. The van der Waals surface area contributed by atoms with Gasteiger partial charge in [-0.05, 0) is 18.6 Å². The maximum absolute atomic E-state index is 12.9. The highest BCUT2D eigenvalue weighted by Gasteiger charge is 2.44. The molecule has 0 N–H and O–H groups in total. The van der Waals surface area contributed by atoms with Crippen molar-refractivity contribution in [3.63, 3.8) is 0 Å². The topological polar surface area (TPSA) is 38.8 Å². The molecule has 18 heavy (non-hydrogen) atoms. The van der Waals surface area contributed by atoms with E-state index in [9.17, 15) is 13.6 Å². The number of benzene rings is 1. The number of carbonyl (C=O) groups is 1. The van der Waals surface area contributed by atoms with Crippen LogP contribution in [0.15, 0.2) is 18.2 Å². The minimum atomic E-state index is -3.62. The molecule has 0 spiro atoms. The van der Waals surface area contributed by atoms with Gasteiger partial charge in [0.25, 0.3) is 0 Å². The van der Waals surface area contributed by atoms with Crippen molar-refractivity contribution >= 4 is 34.2 Å². The van der Waals surface area contributed by atoms with E-state index in [-0.39, 0.29) is 21.3 Å². The second-order valence-electron chi connectivity index (χ2n) is 4.04. The SMILES string of the molecule is O=C1C(I)CCN1c1ccc2c(c1)OC(F)(F)O2. The highest BCUT2D eigenvalue weighted by atomic mass is 127. The lowest BCUT2D eigenvalue weighted by Gasteiger charge is -2.16. The Balaban J connectivity index is 1.91. The summed E-state index contributed by atoms with van der Waals surface area (Å²) in [5, 5.41) is 0. The van der Waals surface area contributed by atoms with E-state index in [4.69, 9.17) is 0 Å². The highest BCUT2D eigenvalue weighted by molar-refractivity contribution is 14.1. The summed E-state index contributed by atoms with van der Waals surface area (Å²) in [5.41, 5.74) is 0.555. The molecule has 1 atom stereocenters. The van der Waals surface area contributed by atoms with E-state index in [0.29, 0.717) is 12.2 Å². The lowest BCUT2D eigenvalue weighted by Crippen LogP contribution is -2.27. The summed E-state index contributed by atoms with van der Waals surface area (Å²) in [7, 11) is 0. The Hall–Kier alpha value is -1.12. The summed E-state index contributed by atoms with van der Waals surface area (Å²) in [6, 6.07) is 4.37. The number of anilines is 1. The lowest BCUT2D eigenvalue weighted by molar-refractivity contribution is -0.286. The van der Waals surface area contributed by atoms with Gasteiger partial charge in [0.1, 0.15) is 0 Å². The Morgan fingerprint density at radius 3 is 2.72 bits per heavy atom. The Kier molecular flexibility index (Phi) is 2.61. The van der Waals surface area contributed by atoms with Crippen LogP contribution in [0, 0.1) is 0 Å². The van der Waals surface area contributed by atoms with Crippen molar-refractivity contribution in [3.05, 3.63) is 18.2 Å². The zero-order chi connectivity index (χ0) is 12.9. The van der Waals surface area contributed by atoms with Crippen LogP contribution in [0.1, 0.15) is 6.42 Å². The van der Waals surface area contributed by atoms with Gasteiger partial charge in [-0.1, -0.05) is 22.6 Å². The van der Waals surface area contributed by atoms with Crippen LogP contribution in [0.4, 0.5) is 14.5 Å². The molecule has 1 aromatic carbocycles. The number of halogens is 3. The predicted octanol–water partition coefficient (Wildman–Crippen LogP) is 2.55. The van der Waals surface area contributed by atoms with Gasteiger partial charge in [-0.3, -0.25) is 4.79 Å². The first-order chi connectivity index (χ1) is 8.46. The number of ether oxygens (including phenoxy) is 2. The monoisotopic (exact) mass is 367 g/mol. The maximum Gasteiger partial charge on any atom is 0.586 e. The molecule has 1 saturated heterocycles. The normalized spacial score (nSPS) is 24.7. The molecule has 0 bridgehead atoms. The van der Waals surface area contributed by atoms with Crippen molar-refractivity contribution < 1.29 is 23.0 Å². The number of rotatable bonds is 1. The average Bonchev–Trinajstić information content (AvgIpc) is 2.77. The summed E-state index contributed by atoms with van der Waals surface area (Å²) < 4.78 is 34.3. The van der Waals surface area contributed by atoms with Crippen LogP contribution in [0.25, 0.3) is 0 Å². The fourth-order valence-corrected chi connectivity index (χ4v) is 2.62. The molecule has 1 unspecified atom stereocenters.